The Bertz CT molecular complexity index is 582. The number of methoxy groups -OCH3 is 1. The molecule has 1 amide bonds. The van der Waals surface area contributed by atoms with Gasteiger partial charge in [-0.25, -0.2) is 8.42 Å². The minimum atomic E-state index is -3.59. The maximum Gasteiger partial charge on any atom is 0.221 e. The molecule has 20 heavy (non-hydrogen) atoms. The minimum absolute atomic E-state index is 0.0173. The molecule has 0 spiro atoms. The first-order valence-corrected chi connectivity index (χ1v) is 7.87. The highest BCUT2D eigenvalue weighted by Crippen LogP contribution is 2.27. The molecular formula is C13H20N2O4S. The van der Waals surface area contributed by atoms with E-state index >= 15 is 0 Å². The third-order valence-electron chi connectivity index (χ3n) is 2.57. The van der Waals surface area contributed by atoms with Crippen molar-refractivity contribution >= 4 is 21.4 Å². The van der Waals surface area contributed by atoms with Crippen LogP contribution in [-0.2, 0) is 14.6 Å². The molecule has 0 saturated carbocycles. The molecule has 0 radical (unpaired) electrons. The molecule has 0 fully saturated rings. The first-order valence-electron chi connectivity index (χ1n) is 6.22. The Kier molecular flexibility index (Phi) is 5.38. The van der Waals surface area contributed by atoms with Gasteiger partial charge >= 0.3 is 0 Å². The van der Waals surface area contributed by atoms with Crippen LogP contribution in [0.15, 0.2) is 23.1 Å². The maximum atomic E-state index is 12.2. The molecule has 1 aromatic carbocycles. The number of carbonyl (C=O) groups is 1. The zero-order valence-electron chi connectivity index (χ0n) is 11.8. The summed E-state index contributed by atoms with van der Waals surface area (Å²) >= 11 is 0. The number of ether oxygens (including phenoxy) is 1. The van der Waals surface area contributed by atoms with Crippen LogP contribution in [0.5, 0.6) is 5.75 Å². The lowest BCUT2D eigenvalue weighted by Crippen LogP contribution is -2.31. The van der Waals surface area contributed by atoms with Gasteiger partial charge in [-0.2, -0.15) is 0 Å². The van der Waals surface area contributed by atoms with E-state index in [0.717, 1.165) is 0 Å². The Labute approximate surface area is 119 Å². The molecule has 3 N–H and O–H groups in total. The molecule has 0 bridgehead atoms. The number of rotatable bonds is 6. The van der Waals surface area contributed by atoms with E-state index in [9.17, 15) is 13.2 Å². The Morgan fingerprint density at radius 3 is 2.60 bits per heavy atom. The summed E-state index contributed by atoms with van der Waals surface area (Å²) in [6.45, 7) is 3.63. The number of nitrogen functional groups attached to an aromatic ring is 1. The van der Waals surface area contributed by atoms with Crippen LogP contribution in [0, 0.1) is 0 Å². The molecule has 0 aromatic heterocycles. The average molecular weight is 300 g/mol. The molecule has 0 unspecified atom stereocenters. The summed E-state index contributed by atoms with van der Waals surface area (Å²) < 4.78 is 29.4. The summed E-state index contributed by atoms with van der Waals surface area (Å²) in [6, 6.07) is 4.31. The molecule has 6 nitrogen and oxygen atoms in total. The number of amides is 1. The van der Waals surface area contributed by atoms with Crippen LogP contribution < -0.4 is 15.8 Å². The van der Waals surface area contributed by atoms with Gasteiger partial charge in [0.2, 0.25) is 5.91 Å². The van der Waals surface area contributed by atoms with Crippen molar-refractivity contribution in [3.05, 3.63) is 18.2 Å². The standard InChI is InChI=1S/C13H20N2O4S/c1-9(2)15-13(16)6-7-20(17,18)12-5-4-10(14)8-11(12)19-3/h4-5,8-9H,6-7,14H2,1-3H3,(H,15,16). The average Bonchev–Trinajstić information content (AvgIpc) is 2.35. The normalized spacial score (nSPS) is 11.4. The largest absolute Gasteiger partial charge is 0.495 e. The van der Waals surface area contributed by atoms with Gasteiger partial charge in [-0.05, 0) is 26.0 Å². The van der Waals surface area contributed by atoms with Crippen LogP contribution in [0.25, 0.3) is 0 Å². The lowest BCUT2D eigenvalue weighted by Gasteiger charge is -2.11. The smallest absolute Gasteiger partial charge is 0.221 e. The molecule has 0 saturated heterocycles. The van der Waals surface area contributed by atoms with Crippen LogP contribution in [0.3, 0.4) is 0 Å². The third-order valence-corrected chi connectivity index (χ3v) is 4.32. The van der Waals surface area contributed by atoms with Gasteiger partial charge in [0.05, 0.1) is 12.9 Å². The molecule has 1 rings (SSSR count). The molecule has 1 aromatic rings. The molecule has 7 heteroatoms. The Hall–Kier alpha value is -1.76. The molecule has 0 aliphatic heterocycles. The summed E-state index contributed by atoms with van der Waals surface area (Å²) in [6.07, 6.45) is -0.0892. The van der Waals surface area contributed by atoms with Crippen LogP contribution >= 0.6 is 0 Å². The minimum Gasteiger partial charge on any atom is -0.495 e. The van der Waals surface area contributed by atoms with E-state index in [2.05, 4.69) is 5.32 Å². The van der Waals surface area contributed by atoms with Crippen molar-refractivity contribution in [2.75, 3.05) is 18.6 Å². The predicted molar refractivity (Wildman–Crippen MR) is 77.4 cm³/mol. The number of carbonyl (C=O) groups excluding carboxylic acids is 1. The van der Waals surface area contributed by atoms with E-state index in [0.29, 0.717) is 5.69 Å². The summed E-state index contributed by atoms with van der Waals surface area (Å²) in [4.78, 5) is 11.6. The maximum absolute atomic E-state index is 12.2. The van der Waals surface area contributed by atoms with E-state index in [1.54, 1.807) is 0 Å². The van der Waals surface area contributed by atoms with Crippen LogP contribution in [0.2, 0.25) is 0 Å². The molecule has 0 heterocycles. The fourth-order valence-electron chi connectivity index (χ4n) is 1.67. The predicted octanol–water partition coefficient (Wildman–Crippen LogP) is 0.966. The van der Waals surface area contributed by atoms with E-state index in [-0.39, 0.29) is 34.8 Å². The lowest BCUT2D eigenvalue weighted by molar-refractivity contribution is -0.121. The van der Waals surface area contributed by atoms with Gasteiger partial charge < -0.3 is 15.8 Å². The summed E-state index contributed by atoms with van der Waals surface area (Å²) in [5, 5.41) is 2.65. The van der Waals surface area contributed by atoms with Crippen molar-refractivity contribution in [2.24, 2.45) is 0 Å². The van der Waals surface area contributed by atoms with Crippen molar-refractivity contribution in [1.82, 2.24) is 5.32 Å². The SMILES string of the molecule is COc1cc(N)ccc1S(=O)(=O)CCC(=O)NC(C)C. The number of hydrogen-bond acceptors (Lipinski definition) is 5. The summed E-state index contributed by atoms with van der Waals surface area (Å²) in [5.41, 5.74) is 6.00. The highest BCUT2D eigenvalue weighted by atomic mass is 32.2. The fourth-order valence-corrected chi connectivity index (χ4v) is 3.07. The van der Waals surface area contributed by atoms with Crippen molar-refractivity contribution < 1.29 is 17.9 Å². The first-order chi connectivity index (χ1) is 9.26. The second-order valence-corrected chi connectivity index (χ2v) is 6.78. The zero-order valence-corrected chi connectivity index (χ0v) is 12.7. The van der Waals surface area contributed by atoms with Crippen LogP contribution in [0.4, 0.5) is 5.69 Å². The first kappa shape index (κ1) is 16.3. The summed E-state index contributed by atoms with van der Waals surface area (Å²) in [7, 11) is -2.22. The summed E-state index contributed by atoms with van der Waals surface area (Å²) in [5.74, 6) is -0.376. The van der Waals surface area contributed by atoms with Gasteiger partial charge in [0.25, 0.3) is 0 Å². The number of nitrogens with two attached hydrogens (primary N) is 1. The topological polar surface area (TPSA) is 98.5 Å². The van der Waals surface area contributed by atoms with Gasteiger partial charge in [0.15, 0.2) is 9.84 Å². The number of sulfone groups is 1. The van der Waals surface area contributed by atoms with Gasteiger partial charge in [-0.15, -0.1) is 0 Å². The third kappa shape index (κ3) is 4.41. The van der Waals surface area contributed by atoms with Gasteiger partial charge in [-0.1, -0.05) is 0 Å². The highest BCUT2D eigenvalue weighted by molar-refractivity contribution is 7.91. The van der Waals surface area contributed by atoms with Crippen LogP contribution in [-0.4, -0.2) is 33.2 Å². The molecule has 0 aliphatic rings. The molecule has 0 aliphatic carbocycles. The second-order valence-electron chi connectivity index (χ2n) is 4.70. The van der Waals surface area contributed by atoms with E-state index < -0.39 is 9.84 Å². The Morgan fingerprint density at radius 2 is 2.05 bits per heavy atom. The number of hydrogen-bond donors (Lipinski definition) is 2. The van der Waals surface area contributed by atoms with Gasteiger partial charge in [0, 0.05) is 24.2 Å². The lowest BCUT2D eigenvalue weighted by atomic mass is 10.3. The molecule has 0 atom stereocenters. The van der Waals surface area contributed by atoms with Crippen molar-refractivity contribution in [2.45, 2.75) is 31.2 Å². The van der Waals surface area contributed by atoms with Gasteiger partial charge in [-0.3, -0.25) is 4.79 Å². The van der Waals surface area contributed by atoms with Crippen molar-refractivity contribution in [1.29, 1.82) is 0 Å². The second kappa shape index (κ2) is 6.60. The number of benzene rings is 1. The quantitative estimate of drug-likeness (QED) is 0.763. The number of nitrogens with one attached hydrogen (secondary N) is 1. The monoisotopic (exact) mass is 300 g/mol. The molecule has 112 valence electrons. The highest BCUT2D eigenvalue weighted by Gasteiger charge is 2.21. The van der Waals surface area contributed by atoms with E-state index in [1.165, 1.54) is 25.3 Å². The van der Waals surface area contributed by atoms with Crippen molar-refractivity contribution in [3.8, 4) is 5.75 Å². The van der Waals surface area contributed by atoms with Crippen molar-refractivity contribution in [3.63, 3.8) is 0 Å². The zero-order chi connectivity index (χ0) is 15.3. The Morgan fingerprint density at radius 1 is 1.40 bits per heavy atom. The fraction of sp³-hybridized carbons (Fsp3) is 0.462. The van der Waals surface area contributed by atoms with Gasteiger partial charge in [0.1, 0.15) is 10.6 Å². The van der Waals surface area contributed by atoms with E-state index in [4.69, 9.17) is 10.5 Å². The number of anilines is 1. The van der Waals surface area contributed by atoms with E-state index in [1.807, 2.05) is 13.8 Å². The molecular weight excluding hydrogens is 280 g/mol. The Balaban J connectivity index is 2.87. The van der Waals surface area contributed by atoms with Crippen LogP contribution in [0.1, 0.15) is 20.3 Å².